The van der Waals surface area contributed by atoms with Crippen LogP contribution in [-0.2, 0) is 22.7 Å². The maximum atomic E-state index is 12.6. The Morgan fingerprint density at radius 3 is 2.59 bits per heavy atom. The molecule has 164 valence electrons. The fourth-order valence-corrected chi connectivity index (χ4v) is 3.72. The lowest BCUT2D eigenvalue weighted by Crippen LogP contribution is -2.32. The number of carbonyl (C=O) groups excluding carboxylic acids is 3. The smallest absolute Gasteiger partial charge is 0.251 e. The largest absolute Gasteiger partial charge is 0.467 e. The molecule has 0 spiro atoms. The van der Waals surface area contributed by atoms with Gasteiger partial charge in [-0.3, -0.25) is 14.4 Å². The number of nitrogens with zero attached hydrogens (tertiary/aromatic N) is 1. The lowest BCUT2D eigenvalue weighted by atomic mass is 10.1. The van der Waals surface area contributed by atoms with Gasteiger partial charge >= 0.3 is 0 Å². The number of benzene rings is 2. The molecule has 0 radical (unpaired) electrons. The summed E-state index contributed by atoms with van der Waals surface area (Å²) in [6.45, 7) is 0.887. The van der Waals surface area contributed by atoms with E-state index >= 15 is 0 Å². The van der Waals surface area contributed by atoms with E-state index in [1.165, 1.54) is 0 Å². The Balaban J connectivity index is 1.31. The van der Waals surface area contributed by atoms with Crippen LogP contribution in [0.5, 0.6) is 0 Å². The molecular weight excluding hydrogens is 430 g/mol. The lowest BCUT2D eigenvalue weighted by molar-refractivity contribution is -0.126. The van der Waals surface area contributed by atoms with Gasteiger partial charge in [-0.2, -0.15) is 0 Å². The number of carbonyl (C=O) groups is 3. The molecule has 2 aromatic carbocycles. The third-order valence-electron chi connectivity index (χ3n) is 5.29. The van der Waals surface area contributed by atoms with Crippen LogP contribution in [-0.4, -0.2) is 24.3 Å². The summed E-state index contributed by atoms with van der Waals surface area (Å²) >= 11 is 5.91. The van der Waals surface area contributed by atoms with E-state index < -0.39 is 5.92 Å². The van der Waals surface area contributed by atoms with Crippen molar-refractivity contribution in [1.82, 2.24) is 10.6 Å². The van der Waals surface area contributed by atoms with Crippen LogP contribution in [0.2, 0.25) is 5.02 Å². The molecule has 3 amide bonds. The fraction of sp³-hybridized carbons (Fsp3) is 0.208. The van der Waals surface area contributed by atoms with Gasteiger partial charge in [-0.25, -0.2) is 0 Å². The van der Waals surface area contributed by atoms with Crippen LogP contribution in [0.1, 0.15) is 28.1 Å². The van der Waals surface area contributed by atoms with E-state index in [4.69, 9.17) is 16.0 Å². The first kappa shape index (κ1) is 21.6. The molecule has 1 fully saturated rings. The molecule has 2 N–H and O–H groups in total. The molecule has 2 heterocycles. The molecular formula is C24H22ClN3O4. The highest BCUT2D eigenvalue weighted by molar-refractivity contribution is 6.30. The average Bonchev–Trinajstić information content (AvgIpc) is 3.46. The number of nitrogens with one attached hydrogen (secondary N) is 2. The van der Waals surface area contributed by atoms with Crippen molar-refractivity contribution in [3.05, 3.63) is 88.8 Å². The van der Waals surface area contributed by atoms with Gasteiger partial charge in [-0.15, -0.1) is 0 Å². The molecule has 1 unspecified atom stereocenters. The van der Waals surface area contributed by atoms with Gasteiger partial charge in [0.1, 0.15) is 5.76 Å². The summed E-state index contributed by atoms with van der Waals surface area (Å²) in [6, 6.07) is 17.6. The number of amides is 3. The van der Waals surface area contributed by atoms with Crippen molar-refractivity contribution in [2.45, 2.75) is 19.5 Å². The zero-order valence-corrected chi connectivity index (χ0v) is 18.0. The maximum absolute atomic E-state index is 12.6. The van der Waals surface area contributed by atoms with E-state index in [9.17, 15) is 14.4 Å². The standard InChI is InChI=1S/C24H22ClN3O4/c25-19-6-8-20(9-7-19)28-15-18(12-22(28)29)24(31)26-13-16-3-1-4-17(11-16)23(30)27-14-21-5-2-10-32-21/h1-11,18H,12-15H2,(H,26,31)(H,27,30). The van der Waals surface area contributed by atoms with Gasteiger partial charge in [-0.05, 0) is 54.1 Å². The van der Waals surface area contributed by atoms with Crippen LogP contribution in [0.3, 0.4) is 0 Å². The highest BCUT2D eigenvalue weighted by Gasteiger charge is 2.34. The summed E-state index contributed by atoms with van der Waals surface area (Å²) in [5.74, 6) is -0.279. The van der Waals surface area contributed by atoms with Crippen LogP contribution < -0.4 is 15.5 Å². The fourth-order valence-electron chi connectivity index (χ4n) is 3.59. The van der Waals surface area contributed by atoms with E-state index in [2.05, 4.69) is 10.6 Å². The first-order chi connectivity index (χ1) is 15.5. The number of anilines is 1. The number of hydrogen-bond donors (Lipinski definition) is 2. The van der Waals surface area contributed by atoms with Crippen molar-refractivity contribution >= 4 is 35.0 Å². The Labute approximate surface area is 190 Å². The van der Waals surface area contributed by atoms with Gasteiger partial charge in [0.2, 0.25) is 11.8 Å². The summed E-state index contributed by atoms with van der Waals surface area (Å²) < 4.78 is 5.21. The van der Waals surface area contributed by atoms with Crippen LogP contribution >= 0.6 is 11.6 Å². The Bertz CT molecular complexity index is 1110. The SMILES string of the molecule is O=C(NCc1ccco1)c1cccc(CNC(=O)C2CC(=O)N(c3ccc(Cl)cc3)C2)c1. The molecule has 1 aromatic heterocycles. The predicted octanol–water partition coefficient (Wildman–Crippen LogP) is 3.53. The third kappa shape index (κ3) is 5.18. The molecule has 7 nitrogen and oxygen atoms in total. The minimum absolute atomic E-state index is 0.0947. The Morgan fingerprint density at radius 2 is 1.84 bits per heavy atom. The van der Waals surface area contributed by atoms with Crippen LogP contribution in [0.4, 0.5) is 5.69 Å². The lowest BCUT2D eigenvalue weighted by Gasteiger charge is -2.17. The Morgan fingerprint density at radius 1 is 1.03 bits per heavy atom. The van der Waals surface area contributed by atoms with Crippen molar-refractivity contribution < 1.29 is 18.8 Å². The summed E-state index contributed by atoms with van der Waals surface area (Å²) in [4.78, 5) is 39.0. The second-order valence-corrected chi connectivity index (χ2v) is 8.00. The highest BCUT2D eigenvalue weighted by Crippen LogP contribution is 2.26. The summed E-state index contributed by atoms with van der Waals surface area (Å²) in [5, 5.41) is 6.26. The average molecular weight is 452 g/mol. The Kier molecular flexibility index (Phi) is 6.56. The summed E-state index contributed by atoms with van der Waals surface area (Å²) in [5.41, 5.74) is 2.01. The van der Waals surface area contributed by atoms with Crippen molar-refractivity contribution in [3.8, 4) is 0 Å². The first-order valence-electron chi connectivity index (χ1n) is 10.2. The van der Waals surface area contributed by atoms with E-state index in [1.807, 2.05) is 6.07 Å². The van der Waals surface area contributed by atoms with E-state index in [0.29, 0.717) is 29.4 Å². The molecule has 0 bridgehead atoms. The molecule has 8 heteroatoms. The van der Waals surface area contributed by atoms with Gasteiger partial charge in [0.05, 0.1) is 18.7 Å². The highest BCUT2D eigenvalue weighted by atomic mass is 35.5. The number of rotatable bonds is 7. The molecule has 0 aliphatic carbocycles. The third-order valence-corrected chi connectivity index (χ3v) is 5.55. The predicted molar refractivity (Wildman–Crippen MR) is 120 cm³/mol. The van der Waals surface area contributed by atoms with Crippen molar-refractivity contribution in [3.63, 3.8) is 0 Å². The van der Waals surface area contributed by atoms with Gasteiger partial charge in [0.25, 0.3) is 5.91 Å². The minimum atomic E-state index is -0.432. The molecule has 3 aromatic rings. The summed E-state index contributed by atoms with van der Waals surface area (Å²) in [6.07, 6.45) is 1.71. The monoisotopic (exact) mass is 451 g/mol. The van der Waals surface area contributed by atoms with E-state index in [-0.39, 0.29) is 30.7 Å². The molecule has 1 atom stereocenters. The van der Waals surface area contributed by atoms with E-state index in [0.717, 1.165) is 11.3 Å². The van der Waals surface area contributed by atoms with Gasteiger partial charge in [0.15, 0.2) is 0 Å². The number of hydrogen-bond acceptors (Lipinski definition) is 4. The quantitative estimate of drug-likeness (QED) is 0.574. The molecule has 1 aliphatic rings. The van der Waals surface area contributed by atoms with Crippen molar-refractivity contribution in [2.75, 3.05) is 11.4 Å². The van der Waals surface area contributed by atoms with E-state index in [1.54, 1.807) is 65.8 Å². The summed E-state index contributed by atoms with van der Waals surface area (Å²) in [7, 11) is 0. The molecule has 0 saturated carbocycles. The minimum Gasteiger partial charge on any atom is -0.467 e. The second-order valence-electron chi connectivity index (χ2n) is 7.56. The van der Waals surface area contributed by atoms with Crippen molar-refractivity contribution in [2.24, 2.45) is 5.92 Å². The Hall–Kier alpha value is -3.58. The molecule has 1 saturated heterocycles. The maximum Gasteiger partial charge on any atom is 0.251 e. The second kappa shape index (κ2) is 9.70. The van der Waals surface area contributed by atoms with Crippen molar-refractivity contribution in [1.29, 1.82) is 0 Å². The van der Waals surface area contributed by atoms with Crippen LogP contribution in [0, 0.1) is 5.92 Å². The first-order valence-corrected chi connectivity index (χ1v) is 10.6. The van der Waals surface area contributed by atoms with Gasteiger partial charge in [-0.1, -0.05) is 23.7 Å². The molecule has 32 heavy (non-hydrogen) atoms. The van der Waals surface area contributed by atoms with Crippen LogP contribution in [0.25, 0.3) is 0 Å². The van der Waals surface area contributed by atoms with Gasteiger partial charge < -0.3 is 20.0 Å². The van der Waals surface area contributed by atoms with Crippen LogP contribution in [0.15, 0.2) is 71.3 Å². The normalized spacial score (nSPS) is 15.6. The zero-order valence-electron chi connectivity index (χ0n) is 17.2. The molecule has 4 rings (SSSR count). The number of halogens is 1. The van der Waals surface area contributed by atoms with Gasteiger partial charge in [0, 0.05) is 35.8 Å². The number of furan rings is 1. The zero-order chi connectivity index (χ0) is 22.5. The molecule has 1 aliphatic heterocycles. The topological polar surface area (TPSA) is 91.6 Å².